The minimum absolute atomic E-state index is 0.675. The highest BCUT2D eigenvalue weighted by Gasteiger charge is 2.01. The number of unbranched alkanes of at least 4 members (excludes halogenated alkanes) is 7. The average molecular weight is 278 g/mol. The van der Waals surface area contributed by atoms with E-state index in [0.29, 0.717) is 5.95 Å². The Bertz CT molecular complexity index is 365. The Morgan fingerprint density at radius 1 is 1.00 bits per heavy atom. The Morgan fingerprint density at radius 2 is 1.65 bits per heavy atom. The summed E-state index contributed by atoms with van der Waals surface area (Å²) in [5, 5.41) is 6.38. The summed E-state index contributed by atoms with van der Waals surface area (Å²) in [6, 6.07) is 0. The van der Waals surface area contributed by atoms with Crippen LogP contribution in [0.2, 0.25) is 0 Å². The number of nitrogens with one attached hydrogen (secondary N) is 2. The van der Waals surface area contributed by atoms with Crippen molar-refractivity contribution >= 4 is 11.8 Å². The lowest BCUT2D eigenvalue weighted by molar-refractivity contribution is 0.581. The predicted molar refractivity (Wildman–Crippen MR) is 87.4 cm³/mol. The van der Waals surface area contributed by atoms with Gasteiger partial charge >= 0.3 is 0 Å². The predicted octanol–water partition coefficient (Wildman–Crippen LogP) is 4.38. The van der Waals surface area contributed by atoms with Gasteiger partial charge in [0.15, 0.2) is 0 Å². The Hall–Kier alpha value is -1.32. The second kappa shape index (κ2) is 10.5. The molecule has 0 fully saturated rings. The molecule has 0 spiro atoms. The highest BCUT2D eigenvalue weighted by atomic mass is 15.1. The Kier molecular flexibility index (Phi) is 8.76. The topological polar surface area (TPSA) is 49.8 Å². The number of rotatable bonds is 11. The fraction of sp³-hybridized carbons (Fsp3) is 0.750. The molecule has 0 unspecified atom stereocenters. The Balaban J connectivity index is 2.09. The number of hydrogen-bond donors (Lipinski definition) is 2. The van der Waals surface area contributed by atoms with Gasteiger partial charge in [-0.15, -0.1) is 0 Å². The van der Waals surface area contributed by atoms with Crippen LogP contribution in [-0.4, -0.2) is 23.6 Å². The largest absolute Gasteiger partial charge is 0.370 e. The van der Waals surface area contributed by atoms with Crippen LogP contribution in [0.15, 0.2) is 6.20 Å². The van der Waals surface area contributed by atoms with Gasteiger partial charge in [-0.05, 0) is 13.3 Å². The zero-order valence-corrected chi connectivity index (χ0v) is 13.3. The van der Waals surface area contributed by atoms with Crippen molar-refractivity contribution in [3.8, 4) is 0 Å². The first kappa shape index (κ1) is 16.7. The first-order valence-corrected chi connectivity index (χ1v) is 8.03. The molecule has 0 aliphatic carbocycles. The summed E-state index contributed by atoms with van der Waals surface area (Å²) in [7, 11) is 1.84. The molecule has 0 bridgehead atoms. The third-order valence-electron chi connectivity index (χ3n) is 3.52. The third-order valence-corrected chi connectivity index (χ3v) is 3.52. The molecule has 20 heavy (non-hydrogen) atoms. The van der Waals surface area contributed by atoms with Crippen molar-refractivity contribution in [3.05, 3.63) is 11.8 Å². The fourth-order valence-electron chi connectivity index (χ4n) is 2.21. The molecule has 1 aromatic rings. The van der Waals surface area contributed by atoms with Gasteiger partial charge < -0.3 is 10.6 Å². The van der Waals surface area contributed by atoms with Crippen LogP contribution in [0.5, 0.6) is 0 Å². The van der Waals surface area contributed by atoms with Gasteiger partial charge in [0, 0.05) is 25.4 Å². The van der Waals surface area contributed by atoms with Crippen LogP contribution >= 0.6 is 0 Å². The minimum atomic E-state index is 0.675. The summed E-state index contributed by atoms with van der Waals surface area (Å²) in [6.45, 7) is 5.30. The lowest BCUT2D eigenvalue weighted by Gasteiger charge is -2.09. The van der Waals surface area contributed by atoms with Crippen LogP contribution in [0.25, 0.3) is 0 Å². The van der Waals surface area contributed by atoms with E-state index in [9.17, 15) is 0 Å². The molecule has 4 nitrogen and oxygen atoms in total. The van der Waals surface area contributed by atoms with Gasteiger partial charge in [0.1, 0.15) is 5.82 Å². The maximum atomic E-state index is 4.43. The molecule has 0 aromatic carbocycles. The van der Waals surface area contributed by atoms with Crippen LogP contribution in [0.3, 0.4) is 0 Å². The molecule has 1 aromatic heterocycles. The van der Waals surface area contributed by atoms with Crippen LogP contribution in [0.4, 0.5) is 11.8 Å². The van der Waals surface area contributed by atoms with Crippen LogP contribution < -0.4 is 10.6 Å². The van der Waals surface area contributed by atoms with Gasteiger partial charge in [0.2, 0.25) is 5.95 Å². The first-order chi connectivity index (χ1) is 9.77. The van der Waals surface area contributed by atoms with E-state index in [1.807, 2.05) is 20.2 Å². The molecular weight excluding hydrogens is 248 g/mol. The average Bonchev–Trinajstić information content (AvgIpc) is 2.47. The molecular formula is C16H30N4. The van der Waals surface area contributed by atoms with E-state index in [0.717, 1.165) is 17.9 Å². The monoisotopic (exact) mass is 278 g/mol. The lowest BCUT2D eigenvalue weighted by atomic mass is 10.1. The van der Waals surface area contributed by atoms with Crippen molar-refractivity contribution in [2.24, 2.45) is 0 Å². The smallest absolute Gasteiger partial charge is 0.224 e. The summed E-state index contributed by atoms with van der Waals surface area (Å²) in [5.74, 6) is 1.63. The molecule has 0 amide bonds. The fourth-order valence-corrected chi connectivity index (χ4v) is 2.21. The maximum absolute atomic E-state index is 4.43. The normalized spacial score (nSPS) is 10.6. The Labute approximate surface area is 123 Å². The summed E-state index contributed by atoms with van der Waals surface area (Å²) < 4.78 is 0. The van der Waals surface area contributed by atoms with E-state index in [-0.39, 0.29) is 0 Å². The zero-order valence-electron chi connectivity index (χ0n) is 13.3. The highest BCUT2D eigenvalue weighted by molar-refractivity contribution is 5.46. The summed E-state index contributed by atoms with van der Waals surface area (Å²) >= 11 is 0. The molecule has 4 heteroatoms. The van der Waals surface area contributed by atoms with Gasteiger partial charge in [-0.25, -0.2) is 4.98 Å². The van der Waals surface area contributed by atoms with E-state index >= 15 is 0 Å². The molecule has 0 saturated heterocycles. The molecule has 0 aliphatic rings. The third kappa shape index (κ3) is 6.73. The van der Waals surface area contributed by atoms with E-state index in [4.69, 9.17) is 0 Å². The van der Waals surface area contributed by atoms with Crippen molar-refractivity contribution in [1.29, 1.82) is 0 Å². The van der Waals surface area contributed by atoms with E-state index in [1.165, 1.54) is 51.4 Å². The second-order valence-electron chi connectivity index (χ2n) is 5.38. The van der Waals surface area contributed by atoms with Gasteiger partial charge in [-0.2, -0.15) is 4.98 Å². The molecule has 1 heterocycles. The maximum Gasteiger partial charge on any atom is 0.224 e. The Morgan fingerprint density at radius 3 is 2.30 bits per heavy atom. The molecule has 2 N–H and O–H groups in total. The van der Waals surface area contributed by atoms with Crippen LogP contribution in [0, 0.1) is 6.92 Å². The summed E-state index contributed by atoms with van der Waals surface area (Å²) in [5.41, 5.74) is 1.10. The van der Waals surface area contributed by atoms with Crippen molar-refractivity contribution in [3.63, 3.8) is 0 Å². The number of aryl methyl sites for hydroxylation is 1. The quantitative estimate of drug-likeness (QED) is 0.590. The summed E-state index contributed by atoms with van der Waals surface area (Å²) in [4.78, 5) is 8.61. The SMILES string of the molecule is CCCCCCCCCCNc1nc(NC)ncc1C. The number of aromatic nitrogens is 2. The minimum Gasteiger partial charge on any atom is -0.370 e. The van der Waals surface area contributed by atoms with E-state index in [2.05, 4.69) is 27.5 Å². The van der Waals surface area contributed by atoms with E-state index in [1.54, 1.807) is 0 Å². The van der Waals surface area contributed by atoms with Crippen molar-refractivity contribution in [2.45, 2.75) is 65.2 Å². The molecule has 0 aliphatic heterocycles. The van der Waals surface area contributed by atoms with Gasteiger partial charge in [0.25, 0.3) is 0 Å². The second-order valence-corrected chi connectivity index (χ2v) is 5.38. The van der Waals surface area contributed by atoms with E-state index < -0.39 is 0 Å². The van der Waals surface area contributed by atoms with Gasteiger partial charge in [-0.1, -0.05) is 51.9 Å². The van der Waals surface area contributed by atoms with Gasteiger partial charge in [-0.3, -0.25) is 0 Å². The van der Waals surface area contributed by atoms with Crippen LogP contribution in [-0.2, 0) is 0 Å². The van der Waals surface area contributed by atoms with Crippen molar-refractivity contribution in [1.82, 2.24) is 9.97 Å². The number of hydrogen-bond acceptors (Lipinski definition) is 4. The van der Waals surface area contributed by atoms with Crippen molar-refractivity contribution in [2.75, 3.05) is 24.2 Å². The van der Waals surface area contributed by atoms with Gasteiger partial charge in [0.05, 0.1) is 0 Å². The molecule has 0 saturated carbocycles. The molecule has 114 valence electrons. The summed E-state index contributed by atoms with van der Waals surface area (Å²) in [6.07, 6.45) is 12.6. The first-order valence-electron chi connectivity index (χ1n) is 8.03. The van der Waals surface area contributed by atoms with Crippen molar-refractivity contribution < 1.29 is 0 Å². The standard InChI is InChI=1S/C16H30N4/c1-4-5-6-7-8-9-10-11-12-18-15-14(2)13-19-16(17-3)20-15/h13H,4-12H2,1-3H3,(H2,17,18,19,20). The van der Waals surface area contributed by atoms with Crippen LogP contribution in [0.1, 0.15) is 63.9 Å². The molecule has 0 atom stereocenters. The highest BCUT2D eigenvalue weighted by Crippen LogP contribution is 2.13. The number of nitrogens with zero attached hydrogens (tertiary/aromatic N) is 2. The zero-order chi connectivity index (χ0) is 14.6. The molecule has 0 radical (unpaired) electrons. The number of anilines is 2. The molecule has 1 rings (SSSR count). The lowest BCUT2D eigenvalue weighted by Crippen LogP contribution is -2.07.